The molecule has 0 aliphatic heterocycles. The molecule has 0 bridgehead atoms. The fourth-order valence-corrected chi connectivity index (χ4v) is 2.90. The van der Waals surface area contributed by atoms with Crippen LogP contribution in [0.5, 0.6) is 0 Å². The molecule has 0 saturated carbocycles. The maximum Gasteiger partial charge on any atom is 0.273 e. The van der Waals surface area contributed by atoms with E-state index >= 15 is 0 Å². The quantitative estimate of drug-likeness (QED) is 0.673. The summed E-state index contributed by atoms with van der Waals surface area (Å²) < 4.78 is 0. The van der Waals surface area contributed by atoms with E-state index in [-0.39, 0.29) is 11.9 Å². The maximum atomic E-state index is 13.1. The molecule has 1 heterocycles. The van der Waals surface area contributed by atoms with E-state index in [0.29, 0.717) is 12.2 Å². The summed E-state index contributed by atoms with van der Waals surface area (Å²) in [4.78, 5) is 19.3. The maximum absolute atomic E-state index is 13.1. The molecule has 0 saturated heterocycles. The van der Waals surface area contributed by atoms with Crippen molar-refractivity contribution >= 4 is 5.91 Å². The third-order valence-electron chi connectivity index (χ3n) is 4.50. The normalized spacial score (nSPS) is 11.8. The first kappa shape index (κ1) is 16.9. The number of carbonyl (C=O) groups is 1. The van der Waals surface area contributed by atoms with Crippen molar-refractivity contribution in [2.75, 3.05) is 0 Å². The van der Waals surface area contributed by atoms with Crippen LogP contribution in [-0.2, 0) is 6.54 Å². The van der Waals surface area contributed by atoms with Crippen molar-refractivity contribution < 1.29 is 4.79 Å². The lowest BCUT2D eigenvalue weighted by molar-refractivity contribution is 0.0667. The van der Waals surface area contributed by atoms with E-state index in [9.17, 15) is 4.79 Å². The monoisotopic (exact) mass is 330 g/mol. The van der Waals surface area contributed by atoms with Crippen molar-refractivity contribution in [3.05, 3.63) is 101 Å². The summed E-state index contributed by atoms with van der Waals surface area (Å²) in [5, 5.41) is 0. The minimum Gasteiger partial charge on any atom is -0.326 e. The van der Waals surface area contributed by atoms with Gasteiger partial charge in [-0.05, 0) is 42.7 Å². The van der Waals surface area contributed by atoms with Crippen LogP contribution in [0.1, 0.15) is 40.1 Å². The van der Waals surface area contributed by atoms with E-state index in [0.717, 1.165) is 11.1 Å². The lowest BCUT2D eigenvalue weighted by Crippen LogP contribution is -2.34. The van der Waals surface area contributed by atoms with Gasteiger partial charge >= 0.3 is 0 Å². The van der Waals surface area contributed by atoms with Crippen LogP contribution < -0.4 is 0 Å². The summed E-state index contributed by atoms with van der Waals surface area (Å²) in [6.45, 7) is 4.69. The van der Waals surface area contributed by atoms with Crippen molar-refractivity contribution in [1.82, 2.24) is 9.88 Å². The fourth-order valence-electron chi connectivity index (χ4n) is 2.90. The summed E-state index contributed by atoms with van der Waals surface area (Å²) in [5.41, 5.74) is 3.91. The van der Waals surface area contributed by atoms with E-state index in [1.807, 2.05) is 47.4 Å². The molecule has 3 rings (SSSR count). The summed E-state index contributed by atoms with van der Waals surface area (Å²) >= 11 is 0. The largest absolute Gasteiger partial charge is 0.326 e. The second-order valence-corrected chi connectivity index (χ2v) is 6.16. The van der Waals surface area contributed by atoms with Gasteiger partial charge in [0.25, 0.3) is 5.91 Å². The number of carbonyl (C=O) groups excluding carboxylic acids is 1. The molecule has 0 aliphatic rings. The fraction of sp³-hybridized carbons (Fsp3) is 0.182. The van der Waals surface area contributed by atoms with Crippen LogP contribution in [0.3, 0.4) is 0 Å². The number of hydrogen-bond acceptors (Lipinski definition) is 2. The lowest BCUT2D eigenvalue weighted by atomic mass is 10.0. The van der Waals surface area contributed by atoms with Crippen molar-refractivity contribution in [2.24, 2.45) is 0 Å². The molecule has 0 spiro atoms. The Balaban J connectivity index is 1.96. The smallest absolute Gasteiger partial charge is 0.273 e. The van der Waals surface area contributed by atoms with Gasteiger partial charge in [-0.2, -0.15) is 0 Å². The molecule has 126 valence electrons. The molecule has 1 amide bonds. The highest BCUT2D eigenvalue weighted by Crippen LogP contribution is 2.25. The SMILES string of the molecule is Cc1ccccc1CN(C(=O)c1ccccn1)[C@H](C)c1ccccc1. The zero-order valence-corrected chi connectivity index (χ0v) is 14.6. The summed E-state index contributed by atoms with van der Waals surface area (Å²) in [6.07, 6.45) is 1.66. The van der Waals surface area contributed by atoms with Gasteiger partial charge in [0, 0.05) is 12.7 Å². The van der Waals surface area contributed by atoms with Gasteiger partial charge in [0.05, 0.1) is 6.04 Å². The van der Waals surface area contributed by atoms with Gasteiger partial charge in [0.1, 0.15) is 5.69 Å². The van der Waals surface area contributed by atoms with Gasteiger partial charge in [-0.3, -0.25) is 9.78 Å². The molecule has 0 radical (unpaired) electrons. The van der Waals surface area contributed by atoms with Gasteiger partial charge in [0.15, 0.2) is 0 Å². The van der Waals surface area contributed by atoms with Crippen LogP contribution in [-0.4, -0.2) is 15.8 Å². The lowest BCUT2D eigenvalue weighted by Gasteiger charge is -2.30. The summed E-state index contributed by atoms with van der Waals surface area (Å²) in [5.74, 6) is -0.0554. The van der Waals surface area contributed by atoms with E-state index in [1.54, 1.807) is 12.3 Å². The molecule has 0 fully saturated rings. The van der Waals surface area contributed by atoms with Crippen LogP contribution in [0, 0.1) is 6.92 Å². The van der Waals surface area contributed by atoms with E-state index in [4.69, 9.17) is 0 Å². The standard InChI is InChI=1S/C22H22N2O/c1-17-10-6-7-13-20(17)16-24(18(2)19-11-4-3-5-12-19)22(25)21-14-8-9-15-23-21/h3-15,18H,16H2,1-2H3/t18-/m1/s1. The van der Waals surface area contributed by atoms with Crippen LogP contribution >= 0.6 is 0 Å². The molecular weight excluding hydrogens is 308 g/mol. The van der Waals surface area contributed by atoms with E-state index in [1.165, 1.54) is 5.56 Å². The Labute approximate surface area is 149 Å². The molecule has 3 nitrogen and oxygen atoms in total. The van der Waals surface area contributed by atoms with Crippen molar-refractivity contribution in [1.29, 1.82) is 0 Å². The Kier molecular flexibility index (Phi) is 5.24. The van der Waals surface area contributed by atoms with Gasteiger partial charge in [-0.25, -0.2) is 0 Å². The number of hydrogen-bond donors (Lipinski definition) is 0. The molecule has 1 aromatic heterocycles. The number of aryl methyl sites for hydroxylation is 1. The molecule has 3 aromatic rings. The average molecular weight is 330 g/mol. The molecule has 2 aromatic carbocycles. The first-order chi connectivity index (χ1) is 12.2. The molecular formula is C22H22N2O. The Bertz CT molecular complexity index is 831. The second kappa shape index (κ2) is 7.75. The number of amides is 1. The molecule has 1 atom stereocenters. The molecule has 0 N–H and O–H groups in total. The topological polar surface area (TPSA) is 33.2 Å². The Morgan fingerprint density at radius 1 is 0.960 bits per heavy atom. The Hall–Kier alpha value is -2.94. The predicted molar refractivity (Wildman–Crippen MR) is 100 cm³/mol. The first-order valence-corrected chi connectivity index (χ1v) is 8.48. The highest BCUT2D eigenvalue weighted by molar-refractivity contribution is 5.92. The minimum atomic E-state index is -0.0554. The number of nitrogens with zero attached hydrogens (tertiary/aromatic N) is 2. The van der Waals surface area contributed by atoms with E-state index < -0.39 is 0 Å². The summed E-state index contributed by atoms with van der Waals surface area (Å²) in [7, 11) is 0. The van der Waals surface area contributed by atoms with Crippen molar-refractivity contribution in [3.8, 4) is 0 Å². The third kappa shape index (κ3) is 3.94. The number of aromatic nitrogens is 1. The number of benzene rings is 2. The van der Waals surface area contributed by atoms with Gasteiger partial charge in [0.2, 0.25) is 0 Å². The zero-order valence-electron chi connectivity index (χ0n) is 14.6. The first-order valence-electron chi connectivity index (χ1n) is 8.48. The van der Waals surface area contributed by atoms with Gasteiger partial charge in [-0.15, -0.1) is 0 Å². The van der Waals surface area contributed by atoms with Crippen LogP contribution in [0.25, 0.3) is 0 Å². The van der Waals surface area contributed by atoms with Crippen LogP contribution in [0.2, 0.25) is 0 Å². The Morgan fingerprint density at radius 2 is 1.64 bits per heavy atom. The molecule has 0 unspecified atom stereocenters. The summed E-state index contributed by atoms with van der Waals surface area (Å²) in [6, 6.07) is 23.7. The highest BCUT2D eigenvalue weighted by Gasteiger charge is 2.24. The van der Waals surface area contributed by atoms with Crippen LogP contribution in [0.15, 0.2) is 79.0 Å². The van der Waals surface area contributed by atoms with Gasteiger partial charge in [-0.1, -0.05) is 60.7 Å². The Morgan fingerprint density at radius 3 is 2.32 bits per heavy atom. The molecule has 25 heavy (non-hydrogen) atoms. The zero-order chi connectivity index (χ0) is 17.6. The predicted octanol–water partition coefficient (Wildman–Crippen LogP) is 4.79. The van der Waals surface area contributed by atoms with Crippen molar-refractivity contribution in [3.63, 3.8) is 0 Å². The third-order valence-corrected chi connectivity index (χ3v) is 4.50. The second-order valence-electron chi connectivity index (χ2n) is 6.16. The molecule has 3 heteroatoms. The number of rotatable bonds is 5. The van der Waals surface area contributed by atoms with Crippen LogP contribution in [0.4, 0.5) is 0 Å². The van der Waals surface area contributed by atoms with Gasteiger partial charge < -0.3 is 4.90 Å². The minimum absolute atomic E-state index is 0.0460. The average Bonchev–Trinajstić information content (AvgIpc) is 2.68. The van der Waals surface area contributed by atoms with E-state index in [2.05, 4.69) is 43.1 Å². The number of pyridine rings is 1. The molecule has 0 aliphatic carbocycles. The van der Waals surface area contributed by atoms with Crippen molar-refractivity contribution in [2.45, 2.75) is 26.4 Å². The highest BCUT2D eigenvalue weighted by atomic mass is 16.2.